The van der Waals surface area contributed by atoms with Crippen LogP contribution in [0.3, 0.4) is 0 Å². The highest BCUT2D eigenvalue weighted by Crippen LogP contribution is 2.28. The fourth-order valence-corrected chi connectivity index (χ4v) is 2.55. The molecule has 18 heavy (non-hydrogen) atoms. The van der Waals surface area contributed by atoms with Gasteiger partial charge in [-0.1, -0.05) is 19.8 Å². The van der Waals surface area contributed by atoms with Gasteiger partial charge in [-0.05, 0) is 24.7 Å². The van der Waals surface area contributed by atoms with E-state index in [1.54, 1.807) is 6.20 Å². The van der Waals surface area contributed by atoms with Crippen molar-refractivity contribution in [3.8, 4) is 0 Å². The predicted octanol–water partition coefficient (Wildman–Crippen LogP) is 2.41. The summed E-state index contributed by atoms with van der Waals surface area (Å²) in [5.41, 5.74) is -0.0167. The summed E-state index contributed by atoms with van der Waals surface area (Å²) in [6, 6.07) is 0. The van der Waals surface area contributed by atoms with Crippen molar-refractivity contribution < 1.29 is 9.90 Å². The van der Waals surface area contributed by atoms with E-state index in [1.807, 2.05) is 0 Å². The van der Waals surface area contributed by atoms with Crippen LogP contribution in [0.15, 0.2) is 12.4 Å². The maximum Gasteiger partial charge on any atom is 0.356 e. The molecule has 0 aromatic carbocycles. The normalized spacial score (nSPS) is 23.6. The summed E-state index contributed by atoms with van der Waals surface area (Å²) in [6.07, 6.45) is 7.91. The van der Waals surface area contributed by atoms with Gasteiger partial charge in [-0.2, -0.15) is 0 Å². The first-order valence-corrected chi connectivity index (χ1v) is 6.44. The fraction of sp³-hybridized carbons (Fsp3) is 0.615. The second-order valence-electron chi connectivity index (χ2n) is 5.11. The number of hydrogen-bond donors (Lipinski definition) is 2. The zero-order chi connectivity index (χ0) is 13.0. The SMILES string of the molecule is CC1CCCC(CNc2cncc(C(=O)O)n2)C1. The molecule has 1 aromatic heterocycles. The number of aromatic carboxylic acids is 1. The minimum Gasteiger partial charge on any atom is -0.476 e. The zero-order valence-corrected chi connectivity index (χ0v) is 10.6. The number of nitrogens with zero attached hydrogens (tertiary/aromatic N) is 2. The molecule has 1 fully saturated rings. The Balaban J connectivity index is 1.89. The number of anilines is 1. The molecule has 1 aromatic rings. The van der Waals surface area contributed by atoms with Crippen LogP contribution in [0.4, 0.5) is 5.82 Å². The molecule has 2 unspecified atom stereocenters. The Morgan fingerprint density at radius 1 is 1.50 bits per heavy atom. The minimum absolute atomic E-state index is 0.0167. The smallest absolute Gasteiger partial charge is 0.356 e. The van der Waals surface area contributed by atoms with Crippen molar-refractivity contribution in [2.24, 2.45) is 11.8 Å². The van der Waals surface area contributed by atoms with Gasteiger partial charge in [-0.15, -0.1) is 0 Å². The van der Waals surface area contributed by atoms with Crippen LogP contribution in [0.1, 0.15) is 43.1 Å². The summed E-state index contributed by atoms with van der Waals surface area (Å²) in [5.74, 6) is 0.955. The van der Waals surface area contributed by atoms with Crippen molar-refractivity contribution in [1.82, 2.24) is 9.97 Å². The van der Waals surface area contributed by atoms with E-state index in [9.17, 15) is 4.79 Å². The lowest BCUT2D eigenvalue weighted by atomic mass is 9.82. The standard InChI is InChI=1S/C13H19N3O2/c1-9-3-2-4-10(5-9)6-15-12-8-14-7-11(16-12)13(17)18/h7-10H,2-6H2,1H3,(H,15,16)(H,17,18). The number of rotatable bonds is 4. The minimum atomic E-state index is -1.04. The number of nitrogens with one attached hydrogen (secondary N) is 1. The van der Waals surface area contributed by atoms with Crippen LogP contribution in [-0.2, 0) is 0 Å². The zero-order valence-electron chi connectivity index (χ0n) is 10.6. The Morgan fingerprint density at radius 2 is 2.33 bits per heavy atom. The van der Waals surface area contributed by atoms with E-state index in [1.165, 1.54) is 31.9 Å². The molecule has 0 bridgehead atoms. The maximum atomic E-state index is 10.8. The first-order valence-electron chi connectivity index (χ1n) is 6.44. The summed E-state index contributed by atoms with van der Waals surface area (Å²) in [7, 11) is 0. The van der Waals surface area contributed by atoms with Crippen molar-refractivity contribution in [1.29, 1.82) is 0 Å². The molecule has 5 heteroatoms. The highest BCUT2D eigenvalue weighted by molar-refractivity contribution is 5.85. The van der Waals surface area contributed by atoms with Gasteiger partial charge in [0.2, 0.25) is 0 Å². The largest absolute Gasteiger partial charge is 0.476 e. The average Bonchev–Trinajstić information content (AvgIpc) is 2.37. The van der Waals surface area contributed by atoms with Crippen molar-refractivity contribution in [2.75, 3.05) is 11.9 Å². The first kappa shape index (κ1) is 12.8. The van der Waals surface area contributed by atoms with Gasteiger partial charge in [0.05, 0.1) is 12.4 Å². The van der Waals surface area contributed by atoms with Crippen molar-refractivity contribution in [2.45, 2.75) is 32.6 Å². The lowest BCUT2D eigenvalue weighted by molar-refractivity contribution is 0.0690. The van der Waals surface area contributed by atoms with Crippen LogP contribution in [-0.4, -0.2) is 27.6 Å². The maximum absolute atomic E-state index is 10.8. The first-order chi connectivity index (χ1) is 8.65. The van der Waals surface area contributed by atoms with Gasteiger partial charge >= 0.3 is 5.97 Å². The van der Waals surface area contributed by atoms with Gasteiger partial charge in [0.1, 0.15) is 5.82 Å². The highest BCUT2D eigenvalue weighted by Gasteiger charge is 2.18. The van der Waals surface area contributed by atoms with Crippen LogP contribution >= 0.6 is 0 Å². The second-order valence-corrected chi connectivity index (χ2v) is 5.11. The summed E-state index contributed by atoms with van der Waals surface area (Å²) in [6.45, 7) is 3.14. The molecular weight excluding hydrogens is 230 g/mol. The Bertz CT molecular complexity index is 422. The van der Waals surface area contributed by atoms with E-state index >= 15 is 0 Å². The number of carbonyl (C=O) groups is 1. The molecule has 0 aliphatic heterocycles. The van der Waals surface area contributed by atoms with E-state index in [0.717, 1.165) is 12.5 Å². The molecule has 5 nitrogen and oxygen atoms in total. The molecular formula is C13H19N3O2. The molecule has 1 aliphatic rings. The summed E-state index contributed by atoms with van der Waals surface area (Å²) < 4.78 is 0. The molecule has 2 N–H and O–H groups in total. The Hall–Kier alpha value is -1.65. The van der Waals surface area contributed by atoms with E-state index in [-0.39, 0.29) is 5.69 Å². The molecule has 1 saturated carbocycles. The number of aromatic nitrogens is 2. The van der Waals surface area contributed by atoms with Crippen LogP contribution in [0, 0.1) is 11.8 Å². The lowest BCUT2D eigenvalue weighted by Crippen LogP contribution is -2.21. The predicted molar refractivity (Wildman–Crippen MR) is 68.6 cm³/mol. The van der Waals surface area contributed by atoms with E-state index in [4.69, 9.17) is 5.11 Å². The summed E-state index contributed by atoms with van der Waals surface area (Å²) in [5, 5.41) is 12.0. The fourth-order valence-electron chi connectivity index (χ4n) is 2.55. The van der Waals surface area contributed by atoms with E-state index in [2.05, 4.69) is 22.2 Å². The van der Waals surface area contributed by atoms with Gasteiger partial charge in [-0.25, -0.2) is 9.78 Å². The van der Waals surface area contributed by atoms with Crippen molar-refractivity contribution in [3.63, 3.8) is 0 Å². The number of hydrogen-bond acceptors (Lipinski definition) is 4. The number of carboxylic acid groups (broad SMARTS) is 1. The molecule has 0 amide bonds. The molecule has 98 valence electrons. The monoisotopic (exact) mass is 249 g/mol. The van der Waals surface area contributed by atoms with Gasteiger partial charge in [0.25, 0.3) is 0 Å². The van der Waals surface area contributed by atoms with Crippen LogP contribution < -0.4 is 5.32 Å². The van der Waals surface area contributed by atoms with E-state index < -0.39 is 5.97 Å². The average molecular weight is 249 g/mol. The van der Waals surface area contributed by atoms with Gasteiger partial charge < -0.3 is 10.4 Å². The molecule has 0 saturated heterocycles. The molecule has 2 atom stereocenters. The summed E-state index contributed by atoms with van der Waals surface area (Å²) >= 11 is 0. The topological polar surface area (TPSA) is 75.1 Å². The van der Waals surface area contributed by atoms with Gasteiger partial charge in [0.15, 0.2) is 5.69 Å². The van der Waals surface area contributed by atoms with Crippen LogP contribution in [0.2, 0.25) is 0 Å². The Morgan fingerprint density at radius 3 is 3.06 bits per heavy atom. The quantitative estimate of drug-likeness (QED) is 0.857. The second kappa shape index (κ2) is 5.80. The third-order valence-corrected chi connectivity index (χ3v) is 3.47. The third-order valence-electron chi connectivity index (χ3n) is 3.47. The summed E-state index contributed by atoms with van der Waals surface area (Å²) in [4.78, 5) is 18.7. The van der Waals surface area contributed by atoms with Crippen molar-refractivity contribution in [3.05, 3.63) is 18.1 Å². The third kappa shape index (κ3) is 3.42. The molecule has 2 rings (SSSR count). The van der Waals surface area contributed by atoms with Crippen LogP contribution in [0.25, 0.3) is 0 Å². The Kier molecular flexibility index (Phi) is 4.12. The lowest BCUT2D eigenvalue weighted by Gasteiger charge is -2.26. The van der Waals surface area contributed by atoms with E-state index in [0.29, 0.717) is 11.7 Å². The molecule has 0 radical (unpaired) electrons. The molecule has 0 spiro atoms. The van der Waals surface area contributed by atoms with Gasteiger partial charge in [-0.3, -0.25) is 4.98 Å². The molecule has 1 aliphatic carbocycles. The highest BCUT2D eigenvalue weighted by atomic mass is 16.4. The number of carboxylic acids is 1. The molecule has 1 heterocycles. The van der Waals surface area contributed by atoms with Crippen molar-refractivity contribution >= 4 is 11.8 Å². The Labute approximate surface area is 107 Å². The van der Waals surface area contributed by atoms with Gasteiger partial charge in [0, 0.05) is 6.54 Å². The van der Waals surface area contributed by atoms with Crippen LogP contribution in [0.5, 0.6) is 0 Å².